The molecule has 1 atom stereocenters. The van der Waals surface area contributed by atoms with Crippen molar-refractivity contribution >= 4 is 17.3 Å². The van der Waals surface area contributed by atoms with Crippen LogP contribution in [0.3, 0.4) is 0 Å². The summed E-state index contributed by atoms with van der Waals surface area (Å²) in [4.78, 5) is 8.99. The van der Waals surface area contributed by atoms with Crippen molar-refractivity contribution in [3.8, 4) is 0 Å². The van der Waals surface area contributed by atoms with Gasteiger partial charge in [0.2, 0.25) is 0 Å². The first kappa shape index (κ1) is 16.7. The van der Waals surface area contributed by atoms with Gasteiger partial charge in [0.1, 0.15) is 5.01 Å². The minimum atomic E-state index is -0.512. The molecule has 0 aromatic carbocycles. The van der Waals surface area contributed by atoms with Gasteiger partial charge in [0, 0.05) is 30.3 Å². The van der Waals surface area contributed by atoms with E-state index in [2.05, 4.69) is 20.6 Å². The molecule has 128 valence electrons. The molecule has 1 heterocycles. The summed E-state index contributed by atoms with van der Waals surface area (Å²) in [7, 11) is 0. The molecule has 0 unspecified atom stereocenters. The van der Waals surface area contributed by atoms with Crippen molar-refractivity contribution in [1.29, 1.82) is 0 Å². The van der Waals surface area contributed by atoms with Gasteiger partial charge in [-0.3, -0.25) is 0 Å². The number of aliphatic imine (C=N–C) groups is 1. The predicted molar refractivity (Wildman–Crippen MR) is 91.7 cm³/mol. The molecule has 7 heteroatoms. The lowest BCUT2D eigenvalue weighted by Crippen LogP contribution is -2.43. The number of rotatable bonds is 9. The molecule has 23 heavy (non-hydrogen) atoms. The van der Waals surface area contributed by atoms with Crippen LogP contribution in [0.25, 0.3) is 0 Å². The van der Waals surface area contributed by atoms with Crippen molar-refractivity contribution in [3.05, 3.63) is 16.1 Å². The third kappa shape index (κ3) is 6.45. The summed E-state index contributed by atoms with van der Waals surface area (Å²) in [6.07, 6.45) is 4.40. The van der Waals surface area contributed by atoms with E-state index in [1.165, 1.54) is 25.7 Å². The fraction of sp³-hybridized carbons (Fsp3) is 0.750. The van der Waals surface area contributed by atoms with Crippen molar-refractivity contribution in [3.63, 3.8) is 0 Å². The fourth-order valence-corrected chi connectivity index (χ4v) is 2.82. The van der Waals surface area contributed by atoms with E-state index in [0.29, 0.717) is 25.7 Å². The average molecular weight is 338 g/mol. The van der Waals surface area contributed by atoms with Gasteiger partial charge in [0.25, 0.3) is 0 Å². The quantitative estimate of drug-likeness (QED) is 0.469. The third-order valence-corrected chi connectivity index (χ3v) is 4.77. The number of hydrogen-bond acceptors (Lipinski definition) is 5. The zero-order chi connectivity index (χ0) is 16.1. The van der Waals surface area contributed by atoms with Crippen molar-refractivity contribution in [2.24, 2.45) is 10.9 Å². The Hall–Kier alpha value is -1.18. The molecule has 3 rings (SSSR count). The number of nitrogens with one attached hydrogen (secondary N) is 2. The highest BCUT2D eigenvalue weighted by Crippen LogP contribution is 2.28. The van der Waals surface area contributed by atoms with Crippen LogP contribution in [-0.2, 0) is 11.3 Å². The number of thiazole rings is 1. The second kappa shape index (κ2) is 8.08. The van der Waals surface area contributed by atoms with E-state index in [9.17, 15) is 5.11 Å². The first-order chi connectivity index (χ1) is 11.2. The molecule has 1 aromatic heterocycles. The molecule has 6 nitrogen and oxygen atoms in total. The van der Waals surface area contributed by atoms with Gasteiger partial charge in [-0.05, 0) is 38.5 Å². The predicted octanol–water partition coefficient (Wildman–Crippen LogP) is 1.44. The monoisotopic (exact) mass is 338 g/mol. The summed E-state index contributed by atoms with van der Waals surface area (Å²) in [5.41, 5.74) is 1.04. The van der Waals surface area contributed by atoms with Crippen molar-refractivity contribution < 1.29 is 9.84 Å². The Morgan fingerprint density at radius 1 is 1.48 bits per heavy atom. The maximum atomic E-state index is 9.99. The Kier molecular flexibility index (Phi) is 5.85. The third-order valence-electron chi connectivity index (χ3n) is 3.82. The number of aliphatic hydroxyl groups excluding tert-OH is 1. The van der Waals surface area contributed by atoms with E-state index < -0.39 is 6.10 Å². The first-order valence-electron chi connectivity index (χ1n) is 8.40. The molecule has 3 N–H and O–H groups in total. The maximum Gasteiger partial charge on any atom is 0.191 e. The lowest BCUT2D eigenvalue weighted by atomic mass is 10.4. The number of aliphatic hydroxyl groups is 1. The van der Waals surface area contributed by atoms with Crippen LogP contribution in [-0.4, -0.2) is 48.0 Å². The van der Waals surface area contributed by atoms with Crippen LogP contribution < -0.4 is 10.6 Å². The summed E-state index contributed by atoms with van der Waals surface area (Å²) in [6.45, 7) is 4.16. The van der Waals surface area contributed by atoms with E-state index >= 15 is 0 Å². The van der Waals surface area contributed by atoms with E-state index in [0.717, 1.165) is 29.2 Å². The Labute approximate surface area is 141 Å². The Balaban J connectivity index is 1.41. The van der Waals surface area contributed by atoms with Crippen molar-refractivity contribution in [1.82, 2.24) is 15.6 Å². The minimum absolute atomic E-state index is 0.381. The Bertz CT molecular complexity index is 526. The van der Waals surface area contributed by atoms with Crippen LogP contribution in [0, 0.1) is 12.8 Å². The molecule has 1 aromatic rings. The van der Waals surface area contributed by atoms with Crippen molar-refractivity contribution in [2.75, 3.05) is 19.8 Å². The van der Waals surface area contributed by atoms with Gasteiger partial charge < -0.3 is 20.5 Å². The largest absolute Gasteiger partial charge is 0.389 e. The van der Waals surface area contributed by atoms with E-state index in [1.54, 1.807) is 11.3 Å². The molecule has 2 saturated carbocycles. The number of nitrogens with zero attached hydrogens (tertiary/aromatic N) is 2. The van der Waals surface area contributed by atoms with Crippen LogP contribution in [0.15, 0.2) is 10.4 Å². The number of ether oxygens (including phenoxy) is 1. The van der Waals surface area contributed by atoms with Gasteiger partial charge in [0.05, 0.1) is 19.3 Å². The molecule has 0 aliphatic heterocycles. The summed E-state index contributed by atoms with van der Waals surface area (Å²) < 4.78 is 5.52. The molecular formula is C16H26N4O2S. The smallest absolute Gasteiger partial charge is 0.191 e. The van der Waals surface area contributed by atoms with Gasteiger partial charge in [-0.25, -0.2) is 9.98 Å². The molecule has 0 spiro atoms. The SMILES string of the molecule is Cc1csc(CN=C(NC[C@@H](O)COCC2CC2)NC2CC2)n1. The lowest BCUT2D eigenvalue weighted by molar-refractivity contribution is 0.0345. The molecule has 0 saturated heterocycles. The van der Waals surface area contributed by atoms with Gasteiger partial charge in [0.15, 0.2) is 5.96 Å². The molecule has 0 radical (unpaired) electrons. The zero-order valence-electron chi connectivity index (χ0n) is 13.6. The molecule has 2 aliphatic carbocycles. The standard InChI is InChI=1S/C16H26N4O2S/c1-11-10-23-15(19-11)7-18-16(20-13-4-5-13)17-6-14(21)9-22-8-12-2-3-12/h10,12-14,21H,2-9H2,1H3,(H2,17,18,20)/t14-/m1/s1. The molecular weight excluding hydrogens is 312 g/mol. The minimum Gasteiger partial charge on any atom is -0.389 e. The molecule has 2 aliphatic rings. The number of aryl methyl sites for hydroxylation is 1. The summed E-state index contributed by atoms with van der Waals surface area (Å²) in [6, 6.07) is 0.516. The highest BCUT2D eigenvalue weighted by molar-refractivity contribution is 7.09. The average Bonchev–Trinajstić information content (AvgIpc) is 3.44. The van der Waals surface area contributed by atoms with Gasteiger partial charge in [-0.2, -0.15) is 0 Å². The Morgan fingerprint density at radius 3 is 2.96 bits per heavy atom. The molecule has 2 fully saturated rings. The number of hydrogen-bond donors (Lipinski definition) is 3. The number of guanidine groups is 1. The topological polar surface area (TPSA) is 78.8 Å². The van der Waals surface area contributed by atoms with Crippen LogP contribution >= 0.6 is 11.3 Å². The lowest BCUT2D eigenvalue weighted by Gasteiger charge is -2.15. The second-order valence-corrected chi connectivity index (χ2v) is 7.42. The van der Waals surface area contributed by atoms with E-state index in [-0.39, 0.29) is 0 Å². The zero-order valence-corrected chi connectivity index (χ0v) is 14.4. The Morgan fingerprint density at radius 2 is 2.30 bits per heavy atom. The van der Waals surface area contributed by atoms with Crippen LogP contribution in [0.2, 0.25) is 0 Å². The molecule has 0 amide bonds. The van der Waals surface area contributed by atoms with Crippen molar-refractivity contribution in [2.45, 2.75) is 51.3 Å². The summed E-state index contributed by atoms with van der Waals surface area (Å²) >= 11 is 1.63. The fourth-order valence-electron chi connectivity index (χ4n) is 2.12. The number of aromatic nitrogens is 1. The van der Waals surface area contributed by atoms with Gasteiger partial charge in [-0.15, -0.1) is 11.3 Å². The van der Waals surface area contributed by atoms with Crippen LogP contribution in [0.4, 0.5) is 0 Å². The van der Waals surface area contributed by atoms with E-state index in [4.69, 9.17) is 4.74 Å². The highest BCUT2D eigenvalue weighted by atomic mass is 32.1. The van der Waals surface area contributed by atoms with E-state index in [1.807, 2.05) is 12.3 Å². The first-order valence-corrected chi connectivity index (χ1v) is 9.28. The van der Waals surface area contributed by atoms with Crippen LogP contribution in [0.5, 0.6) is 0 Å². The summed E-state index contributed by atoms with van der Waals surface area (Å²) in [5.74, 6) is 1.48. The second-order valence-electron chi connectivity index (χ2n) is 6.48. The van der Waals surface area contributed by atoms with Gasteiger partial charge in [-0.1, -0.05) is 0 Å². The van der Waals surface area contributed by atoms with Gasteiger partial charge >= 0.3 is 0 Å². The normalized spacial score (nSPS) is 19.7. The van der Waals surface area contributed by atoms with Crippen LogP contribution in [0.1, 0.15) is 36.4 Å². The maximum absolute atomic E-state index is 9.99. The summed E-state index contributed by atoms with van der Waals surface area (Å²) in [5, 5.41) is 19.6. The molecule has 0 bridgehead atoms. The highest BCUT2D eigenvalue weighted by Gasteiger charge is 2.23.